The van der Waals surface area contributed by atoms with Gasteiger partial charge in [-0.25, -0.2) is 0 Å². The topological polar surface area (TPSA) is 15.3 Å². The van der Waals surface area contributed by atoms with E-state index in [-0.39, 0.29) is 0 Å². The fraction of sp³-hybridized carbons (Fsp3) is 0.733. The monoisotopic (exact) mass is 344 g/mol. The maximum atomic E-state index is 3.73. The van der Waals surface area contributed by atoms with Gasteiger partial charge in [0.1, 0.15) is 0 Å². The highest BCUT2D eigenvalue weighted by molar-refractivity contribution is 9.10. The molecule has 1 N–H and O–H groups in total. The predicted octanol–water partition coefficient (Wildman–Crippen LogP) is 4.11. The minimum atomic E-state index is 0.636. The summed E-state index contributed by atoms with van der Waals surface area (Å²) >= 11 is 5.42. The largest absolute Gasteiger partial charge is 0.311 e. The molecule has 0 spiro atoms. The molecule has 2 rings (SSSR count). The fourth-order valence-corrected chi connectivity index (χ4v) is 4.25. The Kier molecular flexibility index (Phi) is 5.87. The molecule has 2 nitrogen and oxygen atoms in total. The molecule has 1 aromatic rings. The van der Waals surface area contributed by atoms with Crippen molar-refractivity contribution in [3.63, 3.8) is 0 Å². The average molecular weight is 345 g/mol. The maximum Gasteiger partial charge on any atom is 0.0332 e. The van der Waals surface area contributed by atoms with Gasteiger partial charge in [0.2, 0.25) is 0 Å². The van der Waals surface area contributed by atoms with Crippen LogP contribution in [-0.4, -0.2) is 30.1 Å². The first-order valence-electron chi connectivity index (χ1n) is 7.30. The van der Waals surface area contributed by atoms with Crippen LogP contribution >= 0.6 is 27.3 Å². The van der Waals surface area contributed by atoms with Crippen molar-refractivity contribution >= 4 is 27.3 Å². The maximum absolute atomic E-state index is 3.73. The Labute approximate surface area is 129 Å². The molecule has 2 atom stereocenters. The molecule has 2 unspecified atom stereocenters. The van der Waals surface area contributed by atoms with Gasteiger partial charge in [-0.2, -0.15) is 0 Å². The van der Waals surface area contributed by atoms with E-state index in [1.807, 2.05) is 11.3 Å². The molecule has 1 aliphatic rings. The van der Waals surface area contributed by atoms with Crippen LogP contribution < -0.4 is 5.32 Å². The standard InChI is InChI=1S/C15H25BrN2S/c1-4-5-13-7-17-15(11(2)3)9-18(13)8-14-6-12(16)10-19-14/h6,10-11,13,15,17H,4-5,7-9H2,1-3H3. The third-order valence-electron chi connectivity index (χ3n) is 3.97. The summed E-state index contributed by atoms with van der Waals surface area (Å²) in [5.74, 6) is 0.708. The van der Waals surface area contributed by atoms with Crippen LogP contribution in [0.2, 0.25) is 0 Å². The van der Waals surface area contributed by atoms with Gasteiger partial charge in [-0.05, 0) is 34.3 Å². The lowest BCUT2D eigenvalue weighted by Gasteiger charge is -2.41. The van der Waals surface area contributed by atoms with Gasteiger partial charge in [0.05, 0.1) is 0 Å². The van der Waals surface area contributed by atoms with Crippen molar-refractivity contribution in [3.05, 3.63) is 20.8 Å². The van der Waals surface area contributed by atoms with Crippen LogP contribution in [0, 0.1) is 5.92 Å². The van der Waals surface area contributed by atoms with Gasteiger partial charge in [0.25, 0.3) is 0 Å². The second kappa shape index (κ2) is 7.21. The lowest BCUT2D eigenvalue weighted by Crippen LogP contribution is -2.57. The molecule has 1 aromatic heterocycles. The van der Waals surface area contributed by atoms with Crippen LogP contribution in [0.15, 0.2) is 15.9 Å². The van der Waals surface area contributed by atoms with Crippen molar-refractivity contribution < 1.29 is 0 Å². The normalized spacial score (nSPS) is 25.1. The van der Waals surface area contributed by atoms with E-state index >= 15 is 0 Å². The summed E-state index contributed by atoms with van der Waals surface area (Å²) in [5.41, 5.74) is 0. The van der Waals surface area contributed by atoms with Crippen molar-refractivity contribution in [2.75, 3.05) is 13.1 Å². The van der Waals surface area contributed by atoms with Crippen LogP contribution in [-0.2, 0) is 6.54 Å². The van der Waals surface area contributed by atoms with E-state index in [4.69, 9.17) is 0 Å². The smallest absolute Gasteiger partial charge is 0.0332 e. The molecule has 0 aliphatic carbocycles. The van der Waals surface area contributed by atoms with Crippen LogP contribution in [0.5, 0.6) is 0 Å². The predicted molar refractivity (Wildman–Crippen MR) is 87.8 cm³/mol. The van der Waals surface area contributed by atoms with Gasteiger partial charge in [0, 0.05) is 46.4 Å². The molecule has 0 bridgehead atoms. The number of nitrogens with zero attached hydrogens (tertiary/aromatic N) is 1. The van der Waals surface area contributed by atoms with Crippen molar-refractivity contribution in [1.29, 1.82) is 0 Å². The van der Waals surface area contributed by atoms with Gasteiger partial charge in [-0.3, -0.25) is 4.90 Å². The first-order chi connectivity index (χ1) is 9.10. The molecule has 19 heavy (non-hydrogen) atoms. The summed E-state index contributed by atoms with van der Waals surface area (Å²) in [6.07, 6.45) is 2.56. The third kappa shape index (κ3) is 4.28. The molecule has 0 saturated carbocycles. The molecular formula is C15H25BrN2S. The number of piperazine rings is 1. The molecule has 0 radical (unpaired) electrons. The number of hydrogen-bond donors (Lipinski definition) is 1. The van der Waals surface area contributed by atoms with E-state index in [9.17, 15) is 0 Å². The fourth-order valence-electron chi connectivity index (χ4n) is 2.78. The van der Waals surface area contributed by atoms with E-state index in [1.54, 1.807) is 0 Å². The first kappa shape index (κ1) is 15.5. The number of halogens is 1. The molecule has 1 fully saturated rings. The molecule has 1 aliphatic heterocycles. The number of thiophene rings is 1. The van der Waals surface area contributed by atoms with Crippen LogP contribution in [0.4, 0.5) is 0 Å². The van der Waals surface area contributed by atoms with E-state index in [0.717, 1.165) is 13.1 Å². The summed E-state index contributed by atoms with van der Waals surface area (Å²) in [6.45, 7) is 10.3. The van der Waals surface area contributed by atoms with Crippen LogP contribution in [0.1, 0.15) is 38.5 Å². The summed E-state index contributed by atoms with van der Waals surface area (Å²) < 4.78 is 1.22. The zero-order valence-electron chi connectivity index (χ0n) is 12.2. The van der Waals surface area contributed by atoms with Crippen molar-refractivity contribution in [3.8, 4) is 0 Å². The zero-order valence-corrected chi connectivity index (χ0v) is 14.6. The SMILES string of the molecule is CCCC1CNC(C(C)C)CN1Cc1cc(Br)cs1. The van der Waals surface area contributed by atoms with Crippen LogP contribution in [0.3, 0.4) is 0 Å². The minimum Gasteiger partial charge on any atom is -0.311 e. The van der Waals surface area contributed by atoms with E-state index < -0.39 is 0 Å². The Morgan fingerprint density at radius 1 is 1.53 bits per heavy atom. The summed E-state index contributed by atoms with van der Waals surface area (Å²) in [5, 5.41) is 5.91. The highest BCUT2D eigenvalue weighted by Gasteiger charge is 2.28. The van der Waals surface area contributed by atoms with Gasteiger partial charge in [-0.15, -0.1) is 11.3 Å². The average Bonchev–Trinajstić information content (AvgIpc) is 2.77. The molecule has 4 heteroatoms. The second-order valence-electron chi connectivity index (χ2n) is 5.86. The summed E-state index contributed by atoms with van der Waals surface area (Å²) in [7, 11) is 0. The third-order valence-corrected chi connectivity index (χ3v) is 5.65. The van der Waals surface area contributed by atoms with Gasteiger partial charge >= 0.3 is 0 Å². The minimum absolute atomic E-state index is 0.636. The Morgan fingerprint density at radius 2 is 2.32 bits per heavy atom. The van der Waals surface area contributed by atoms with Gasteiger partial charge < -0.3 is 5.32 Å². The first-order valence-corrected chi connectivity index (χ1v) is 8.97. The van der Waals surface area contributed by atoms with Crippen molar-refractivity contribution in [2.24, 2.45) is 5.92 Å². The highest BCUT2D eigenvalue weighted by Crippen LogP contribution is 2.24. The molecule has 0 aromatic carbocycles. The Hall–Kier alpha value is 0.1000. The quantitative estimate of drug-likeness (QED) is 0.864. The zero-order chi connectivity index (χ0) is 13.8. The van der Waals surface area contributed by atoms with Gasteiger partial charge in [0.15, 0.2) is 0 Å². The van der Waals surface area contributed by atoms with Crippen molar-refractivity contribution in [2.45, 2.75) is 52.2 Å². The van der Waals surface area contributed by atoms with Crippen molar-refractivity contribution in [1.82, 2.24) is 10.2 Å². The Morgan fingerprint density at radius 3 is 2.89 bits per heavy atom. The molecule has 0 amide bonds. The number of hydrogen-bond acceptors (Lipinski definition) is 3. The molecular weight excluding hydrogens is 320 g/mol. The lowest BCUT2D eigenvalue weighted by molar-refractivity contribution is 0.101. The summed E-state index contributed by atoms with van der Waals surface area (Å²) in [6, 6.07) is 3.59. The van der Waals surface area contributed by atoms with E-state index in [2.05, 4.69) is 58.4 Å². The second-order valence-corrected chi connectivity index (χ2v) is 7.77. The highest BCUT2D eigenvalue weighted by atomic mass is 79.9. The van der Waals surface area contributed by atoms with E-state index in [1.165, 1.54) is 28.7 Å². The Bertz CT molecular complexity index is 391. The number of rotatable bonds is 5. The summed E-state index contributed by atoms with van der Waals surface area (Å²) in [4.78, 5) is 4.15. The molecule has 108 valence electrons. The van der Waals surface area contributed by atoms with Crippen LogP contribution in [0.25, 0.3) is 0 Å². The lowest BCUT2D eigenvalue weighted by atomic mass is 9.97. The molecule has 1 saturated heterocycles. The molecule has 2 heterocycles. The Balaban J connectivity index is 2.02. The van der Waals surface area contributed by atoms with E-state index in [0.29, 0.717) is 18.0 Å². The number of nitrogens with one attached hydrogen (secondary N) is 1. The van der Waals surface area contributed by atoms with Gasteiger partial charge in [-0.1, -0.05) is 27.2 Å².